The maximum atomic E-state index is 12.8. The Labute approximate surface area is 123 Å². The van der Waals surface area contributed by atoms with Gasteiger partial charge in [0, 0.05) is 29.9 Å². The number of rotatable bonds is 2. The molecule has 0 bridgehead atoms. The predicted octanol–water partition coefficient (Wildman–Crippen LogP) is 3.48. The zero-order valence-electron chi connectivity index (χ0n) is 11.3. The number of nitrogens with one attached hydrogen (secondary N) is 1. The van der Waals surface area contributed by atoms with Gasteiger partial charge < -0.3 is 10.2 Å². The third-order valence-electron chi connectivity index (χ3n) is 3.40. The molecule has 1 heterocycles. The number of amides is 1. The lowest BCUT2D eigenvalue weighted by molar-refractivity contribution is 0.0988. The summed E-state index contributed by atoms with van der Waals surface area (Å²) in [6, 6.07) is 15.7. The van der Waals surface area contributed by atoms with Crippen LogP contribution in [-0.2, 0) is 0 Å². The van der Waals surface area contributed by atoms with Gasteiger partial charge in [-0.1, -0.05) is 24.3 Å². The highest BCUT2D eigenvalue weighted by Crippen LogP contribution is 2.35. The second-order valence-corrected chi connectivity index (χ2v) is 5.71. The Bertz CT molecular complexity index is 642. The highest BCUT2D eigenvalue weighted by molar-refractivity contribution is 7.99. The number of benzene rings is 2. The number of carbonyl (C=O) groups excluding carboxylic acids is 1. The zero-order valence-corrected chi connectivity index (χ0v) is 12.1. The van der Waals surface area contributed by atoms with Crippen LogP contribution in [0.3, 0.4) is 0 Å². The highest BCUT2D eigenvalue weighted by Gasteiger charge is 2.24. The highest BCUT2D eigenvalue weighted by atomic mass is 32.2. The summed E-state index contributed by atoms with van der Waals surface area (Å²) in [7, 11) is 1.84. The number of fused-ring (bicyclic) bond motifs is 1. The predicted molar refractivity (Wildman–Crippen MR) is 84.8 cm³/mol. The maximum Gasteiger partial charge on any atom is 0.260 e. The summed E-state index contributed by atoms with van der Waals surface area (Å²) in [4.78, 5) is 15.9. The van der Waals surface area contributed by atoms with Crippen molar-refractivity contribution in [2.24, 2.45) is 0 Å². The SMILES string of the molecule is CNc1ccccc1C(=O)N1CCSc2ccccc21. The third-order valence-corrected chi connectivity index (χ3v) is 4.44. The summed E-state index contributed by atoms with van der Waals surface area (Å²) in [6.07, 6.45) is 0. The van der Waals surface area contributed by atoms with E-state index in [0.717, 1.165) is 29.2 Å². The average molecular weight is 284 g/mol. The summed E-state index contributed by atoms with van der Waals surface area (Å²) < 4.78 is 0. The molecular weight excluding hydrogens is 268 g/mol. The molecule has 0 unspecified atom stereocenters. The zero-order chi connectivity index (χ0) is 13.9. The molecule has 0 spiro atoms. The van der Waals surface area contributed by atoms with E-state index in [1.807, 2.05) is 54.4 Å². The standard InChI is InChI=1S/C16H16N2OS/c1-17-13-7-3-2-6-12(13)16(19)18-10-11-20-15-9-5-4-8-14(15)18/h2-9,17H,10-11H2,1H3. The summed E-state index contributed by atoms with van der Waals surface area (Å²) >= 11 is 1.81. The molecule has 1 amide bonds. The van der Waals surface area contributed by atoms with Gasteiger partial charge in [0.15, 0.2) is 0 Å². The van der Waals surface area contributed by atoms with Crippen LogP contribution in [0.4, 0.5) is 11.4 Å². The van der Waals surface area contributed by atoms with Crippen molar-refractivity contribution in [1.29, 1.82) is 0 Å². The van der Waals surface area contributed by atoms with E-state index in [1.165, 1.54) is 4.90 Å². The lowest BCUT2D eigenvalue weighted by atomic mass is 10.1. The molecule has 3 rings (SSSR count). The van der Waals surface area contributed by atoms with Crippen LogP contribution in [0.2, 0.25) is 0 Å². The second-order valence-electron chi connectivity index (χ2n) is 4.57. The molecule has 1 aliphatic rings. The molecule has 0 aromatic heterocycles. The monoisotopic (exact) mass is 284 g/mol. The Balaban J connectivity index is 2.00. The number of hydrogen-bond donors (Lipinski definition) is 1. The van der Waals surface area contributed by atoms with Crippen molar-refractivity contribution in [2.45, 2.75) is 4.90 Å². The van der Waals surface area contributed by atoms with Crippen LogP contribution in [0.15, 0.2) is 53.4 Å². The van der Waals surface area contributed by atoms with E-state index in [1.54, 1.807) is 11.8 Å². The number of anilines is 2. The first-order chi connectivity index (χ1) is 9.81. The number of thioether (sulfide) groups is 1. The molecule has 0 radical (unpaired) electrons. The van der Waals surface area contributed by atoms with E-state index in [4.69, 9.17) is 0 Å². The average Bonchev–Trinajstić information content (AvgIpc) is 2.53. The van der Waals surface area contributed by atoms with Gasteiger partial charge in [-0.3, -0.25) is 4.79 Å². The molecule has 2 aromatic rings. The molecule has 4 heteroatoms. The van der Waals surface area contributed by atoms with E-state index in [-0.39, 0.29) is 5.91 Å². The molecule has 0 aliphatic carbocycles. The molecule has 0 atom stereocenters. The van der Waals surface area contributed by atoms with Crippen molar-refractivity contribution in [1.82, 2.24) is 0 Å². The van der Waals surface area contributed by atoms with Crippen LogP contribution in [0.1, 0.15) is 10.4 Å². The molecule has 20 heavy (non-hydrogen) atoms. The van der Waals surface area contributed by atoms with Crippen LogP contribution in [-0.4, -0.2) is 25.3 Å². The van der Waals surface area contributed by atoms with Gasteiger partial charge in [-0.25, -0.2) is 0 Å². The fourth-order valence-electron chi connectivity index (χ4n) is 2.41. The van der Waals surface area contributed by atoms with Crippen molar-refractivity contribution >= 4 is 29.0 Å². The Morgan fingerprint density at radius 2 is 1.90 bits per heavy atom. The number of nitrogens with zero attached hydrogens (tertiary/aromatic N) is 1. The van der Waals surface area contributed by atoms with E-state index in [9.17, 15) is 4.79 Å². The van der Waals surface area contributed by atoms with Crippen LogP contribution in [0.5, 0.6) is 0 Å². The van der Waals surface area contributed by atoms with E-state index < -0.39 is 0 Å². The van der Waals surface area contributed by atoms with Crippen LogP contribution in [0, 0.1) is 0 Å². The summed E-state index contributed by atoms with van der Waals surface area (Å²) in [5, 5.41) is 3.09. The van der Waals surface area contributed by atoms with Gasteiger partial charge >= 0.3 is 0 Å². The van der Waals surface area contributed by atoms with Crippen molar-refractivity contribution in [3.8, 4) is 0 Å². The Morgan fingerprint density at radius 1 is 1.15 bits per heavy atom. The third kappa shape index (κ3) is 2.27. The van der Waals surface area contributed by atoms with Crippen molar-refractivity contribution in [3.05, 3.63) is 54.1 Å². The lowest BCUT2D eigenvalue weighted by Gasteiger charge is -2.29. The first kappa shape index (κ1) is 13.1. The molecule has 0 saturated carbocycles. The van der Waals surface area contributed by atoms with E-state index in [2.05, 4.69) is 11.4 Å². The first-order valence-corrected chi connectivity index (χ1v) is 7.60. The molecule has 1 N–H and O–H groups in total. The Kier molecular flexibility index (Phi) is 3.65. The van der Waals surface area contributed by atoms with Gasteiger partial charge in [0.2, 0.25) is 0 Å². The van der Waals surface area contributed by atoms with Crippen molar-refractivity contribution in [2.75, 3.05) is 29.6 Å². The van der Waals surface area contributed by atoms with Gasteiger partial charge in [-0.15, -0.1) is 11.8 Å². The van der Waals surface area contributed by atoms with Crippen molar-refractivity contribution < 1.29 is 4.79 Å². The molecule has 0 saturated heterocycles. The topological polar surface area (TPSA) is 32.3 Å². The van der Waals surface area contributed by atoms with E-state index >= 15 is 0 Å². The largest absolute Gasteiger partial charge is 0.387 e. The van der Waals surface area contributed by atoms with Gasteiger partial charge in [0.1, 0.15) is 0 Å². The number of para-hydroxylation sites is 2. The van der Waals surface area contributed by atoms with Crippen LogP contribution < -0.4 is 10.2 Å². The molecule has 3 nitrogen and oxygen atoms in total. The minimum absolute atomic E-state index is 0.0581. The molecule has 2 aromatic carbocycles. The van der Waals surface area contributed by atoms with Gasteiger partial charge in [-0.2, -0.15) is 0 Å². The fraction of sp³-hybridized carbons (Fsp3) is 0.188. The van der Waals surface area contributed by atoms with Crippen LogP contribution >= 0.6 is 11.8 Å². The molecule has 1 aliphatic heterocycles. The lowest BCUT2D eigenvalue weighted by Crippen LogP contribution is -2.35. The Morgan fingerprint density at radius 3 is 2.75 bits per heavy atom. The number of hydrogen-bond acceptors (Lipinski definition) is 3. The minimum atomic E-state index is 0.0581. The fourth-order valence-corrected chi connectivity index (χ4v) is 3.41. The molecule has 102 valence electrons. The first-order valence-electron chi connectivity index (χ1n) is 6.62. The molecule has 0 fully saturated rings. The van der Waals surface area contributed by atoms with Gasteiger partial charge in [0.05, 0.1) is 11.3 Å². The van der Waals surface area contributed by atoms with Gasteiger partial charge in [-0.05, 0) is 24.3 Å². The summed E-state index contributed by atoms with van der Waals surface area (Å²) in [5.41, 5.74) is 2.60. The van der Waals surface area contributed by atoms with Crippen LogP contribution in [0.25, 0.3) is 0 Å². The van der Waals surface area contributed by atoms with Crippen molar-refractivity contribution in [3.63, 3.8) is 0 Å². The summed E-state index contributed by atoms with van der Waals surface area (Å²) in [5.74, 6) is 0.993. The smallest absolute Gasteiger partial charge is 0.260 e. The molecular formula is C16H16N2OS. The summed E-state index contributed by atoms with van der Waals surface area (Å²) in [6.45, 7) is 0.749. The normalized spacial score (nSPS) is 13.8. The quantitative estimate of drug-likeness (QED) is 0.916. The van der Waals surface area contributed by atoms with E-state index in [0.29, 0.717) is 0 Å². The van der Waals surface area contributed by atoms with Gasteiger partial charge in [0.25, 0.3) is 5.91 Å². The minimum Gasteiger partial charge on any atom is -0.387 e. The second kappa shape index (κ2) is 5.59. The number of carbonyl (C=O) groups is 1. The maximum absolute atomic E-state index is 12.8. The Hall–Kier alpha value is -1.94.